The maximum absolute atomic E-state index is 11.8. The molecule has 1 atom stereocenters. The Morgan fingerprint density at radius 2 is 2.00 bits per heavy atom. The number of nitrogens with zero attached hydrogens (tertiary/aromatic N) is 1. The number of hydrogen-bond acceptors (Lipinski definition) is 2. The first kappa shape index (κ1) is 17.8. The molecule has 0 fully saturated rings. The van der Waals surface area contributed by atoms with E-state index in [-0.39, 0.29) is 5.78 Å². The summed E-state index contributed by atoms with van der Waals surface area (Å²) in [5.41, 5.74) is 2.57. The molecule has 3 rings (SSSR count). The molecule has 3 nitrogen and oxygen atoms in total. The van der Waals surface area contributed by atoms with Crippen LogP contribution in [0, 0.1) is 0 Å². The van der Waals surface area contributed by atoms with Crippen LogP contribution in [-0.4, -0.2) is 28.3 Å². The van der Waals surface area contributed by atoms with Crippen molar-refractivity contribution in [1.82, 2.24) is 9.88 Å². The normalized spacial score (nSPS) is 17.6. The van der Waals surface area contributed by atoms with E-state index in [4.69, 9.17) is 0 Å². The fourth-order valence-electron chi connectivity index (χ4n) is 3.81. The number of benzene rings is 1. The van der Waals surface area contributed by atoms with E-state index < -0.39 is 0 Å². The molecule has 0 aliphatic carbocycles. The number of H-pyrrole nitrogens is 1. The van der Waals surface area contributed by atoms with Crippen molar-refractivity contribution in [2.24, 2.45) is 0 Å². The number of unbranched alkanes of at least 4 members (excludes halogenated alkanes) is 4. The van der Waals surface area contributed by atoms with Crippen molar-refractivity contribution in [3.8, 4) is 0 Å². The van der Waals surface area contributed by atoms with Crippen molar-refractivity contribution < 1.29 is 4.79 Å². The molecule has 25 heavy (non-hydrogen) atoms. The van der Waals surface area contributed by atoms with Crippen LogP contribution in [0.4, 0.5) is 0 Å². The molecule has 2 heterocycles. The zero-order valence-electron chi connectivity index (χ0n) is 15.3. The van der Waals surface area contributed by atoms with E-state index in [9.17, 15) is 4.79 Å². The second-order valence-electron chi connectivity index (χ2n) is 7.19. The smallest absolute Gasteiger partial charge is 0.159 e. The van der Waals surface area contributed by atoms with Crippen LogP contribution in [0.3, 0.4) is 0 Å². The van der Waals surface area contributed by atoms with E-state index in [1.807, 2.05) is 6.20 Å². The van der Waals surface area contributed by atoms with E-state index in [1.165, 1.54) is 48.6 Å². The Labute approximate surface area is 151 Å². The number of hydrogen-bond donors (Lipinski definition) is 1. The van der Waals surface area contributed by atoms with Crippen LogP contribution in [0.2, 0.25) is 0 Å². The average Bonchev–Trinajstić information content (AvgIpc) is 3.04. The molecule has 1 N–H and O–H groups in total. The monoisotopic (exact) mass is 338 g/mol. The predicted molar refractivity (Wildman–Crippen MR) is 105 cm³/mol. The van der Waals surface area contributed by atoms with Gasteiger partial charge in [0, 0.05) is 42.3 Å². The van der Waals surface area contributed by atoms with Gasteiger partial charge in [0.1, 0.15) is 0 Å². The topological polar surface area (TPSA) is 36.1 Å². The van der Waals surface area contributed by atoms with Crippen molar-refractivity contribution in [1.29, 1.82) is 0 Å². The summed E-state index contributed by atoms with van der Waals surface area (Å²) < 4.78 is 0. The summed E-state index contributed by atoms with van der Waals surface area (Å²) in [6.07, 6.45) is 15.2. The van der Waals surface area contributed by atoms with E-state index in [0.29, 0.717) is 12.5 Å². The third-order valence-corrected chi connectivity index (χ3v) is 5.31. The molecule has 0 radical (unpaired) electrons. The molecule has 134 valence electrons. The summed E-state index contributed by atoms with van der Waals surface area (Å²) in [4.78, 5) is 17.6. The Balaban J connectivity index is 1.56. The van der Waals surface area contributed by atoms with E-state index in [0.717, 1.165) is 19.4 Å². The van der Waals surface area contributed by atoms with Crippen LogP contribution in [0.5, 0.6) is 0 Å². The number of aromatic amines is 1. The number of ketones is 1. The quantitative estimate of drug-likeness (QED) is 0.636. The summed E-state index contributed by atoms with van der Waals surface area (Å²) >= 11 is 0. The van der Waals surface area contributed by atoms with E-state index >= 15 is 0 Å². The van der Waals surface area contributed by atoms with Gasteiger partial charge in [0.05, 0.1) is 0 Å². The fraction of sp³-hybridized carbons (Fsp3) is 0.500. The van der Waals surface area contributed by atoms with Gasteiger partial charge in [0.25, 0.3) is 0 Å². The third kappa shape index (κ3) is 4.75. The molecule has 1 aromatic carbocycles. The third-order valence-electron chi connectivity index (χ3n) is 5.31. The molecular weight excluding hydrogens is 308 g/mol. The maximum Gasteiger partial charge on any atom is 0.159 e. The van der Waals surface area contributed by atoms with E-state index in [1.54, 1.807) is 6.08 Å². The van der Waals surface area contributed by atoms with Gasteiger partial charge < -0.3 is 9.88 Å². The number of rotatable bonds is 9. The average molecular weight is 338 g/mol. The first-order chi connectivity index (χ1) is 12.3. The summed E-state index contributed by atoms with van der Waals surface area (Å²) in [5, 5.41) is 1.32. The SMILES string of the molecule is CCCCCCCC1CC(=O)C=CN1CCc1c[nH]c2ccccc12. The van der Waals surface area contributed by atoms with Crippen LogP contribution in [-0.2, 0) is 11.2 Å². The van der Waals surface area contributed by atoms with Crippen LogP contribution < -0.4 is 0 Å². The summed E-state index contributed by atoms with van der Waals surface area (Å²) in [5.74, 6) is 0.280. The van der Waals surface area contributed by atoms with Crippen molar-refractivity contribution in [3.63, 3.8) is 0 Å². The Bertz CT molecular complexity index is 716. The highest BCUT2D eigenvalue weighted by Crippen LogP contribution is 2.22. The second kappa shape index (κ2) is 8.89. The molecule has 1 aromatic heterocycles. The number of carbonyl (C=O) groups is 1. The lowest BCUT2D eigenvalue weighted by Gasteiger charge is -2.33. The largest absolute Gasteiger partial charge is 0.373 e. The van der Waals surface area contributed by atoms with Crippen molar-refractivity contribution in [3.05, 3.63) is 48.3 Å². The molecule has 3 heteroatoms. The highest BCUT2D eigenvalue weighted by atomic mass is 16.1. The molecule has 1 unspecified atom stereocenters. The lowest BCUT2D eigenvalue weighted by atomic mass is 9.98. The summed E-state index contributed by atoms with van der Waals surface area (Å²) in [6.45, 7) is 3.22. The number of allylic oxidation sites excluding steroid dienone is 1. The fourth-order valence-corrected chi connectivity index (χ4v) is 3.81. The van der Waals surface area contributed by atoms with Crippen LogP contribution >= 0.6 is 0 Å². The van der Waals surface area contributed by atoms with Gasteiger partial charge in [-0.2, -0.15) is 0 Å². The Morgan fingerprint density at radius 1 is 1.16 bits per heavy atom. The van der Waals surface area contributed by atoms with Crippen molar-refractivity contribution in [2.45, 2.75) is 64.3 Å². The minimum Gasteiger partial charge on any atom is -0.373 e. The van der Waals surface area contributed by atoms with Gasteiger partial charge in [0.15, 0.2) is 5.78 Å². The van der Waals surface area contributed by atoms with Gasteiger partial charge in [-0.05, 0) is 30.5 Å². The molecule has 1 aliphatic heterocycles. The first-order valence-corrected chi connectivity index (χ1v) is 9.79. The number of fused-ring (bicyclic) bond motifs is 1. The molecule has 0 saturated carbocycles. The number of aromatic nitrogens is 1. The molecule has 0 spiro atoms. The minimum atomic E-state index is 0.280. The van der Waals surface area contributed by atoms with Crippen LogP contribution in [0.1, 0.15) is 57.4 Å². The van der Waals surface area contributed by atoms with Gasteiger partial charge in [-0.25, -0.2) is 0 Å². The second-order valence-corrected chi connectivity index (χ2v) is 7.19. The Morgan fingerprint density at radius 3 is 2.88 bits per heavy atom. The van der Waals surface area contributed by atoms with Gasteiger partial charge in [-0.1, -0.05) is 57.2 Å². The van der Waals surface area contributed by atoms with Gasteiger partial charge in [-0.3, -0.25) is 4.79 Å². The van der Waals surface area contributed by atoms with Crippen LogP contribution in [0.15, 0.2) is 42.7 Å². The minimum absolute atomic E-state index is 0.280. The lowest BCUT2D eigenvalue weighted by molar-refractivity contribution is -0.116. The zero-order chi connectivity index (χ0) is 17.5. The molecule has 2 aromatic rings. The van der Waals surface area contributed by atoms with Gasteiger partial charge >= 0.3 is 0 Å². The predicted octanol–water partition coefficient (Wildman–Crippen LogP) is 5.23. The molecular formula is C22H30N2O. The molecule has 0 saturated heterocycles. The molecule has 1 aliphatic rings. The van der Waals surface area contributed by atoms with Crippen molar-refractivity contribution in [2.75, 3.05) is 6.54 Å². The molecule has 0 bridgehead atoms. The molecule has 0 amide bonds. The van der Waals surface area contributed by atoms with Gasteiger partial charge in [-0.15, -0.1) is 0 Å². The first-order valence-electron chi connectivity index (χ1n) is 9.79. The Hall–Kier alpha value is -2.03. The van der Waals surface area contributed by atoms with E-state index in [2.05, 4.69) is 47.3 Å². The maximum atomic E-state index is 11.8. The van der Waals surface area contributed by atoms with Crippen molar-refractivity contribution >= 4 is 16.7 Å². The highest BCUT2D eigenvalue weighted by Gasteiger charge is 2.22. The number of para-hydroxylation sites is 1. The summed E-state index contributed by atoms with van der Waals surface area (Å²) in [6, 6.07) is 8.85. The standard InChI is InChI=1S/C22H30N2O/c1-2-3-4-5-6-9-19-16-20(25)13-15-24(19)14-12-18-17-23-22-11-8-7-10-21(18)22/h7-8,10-11,13,15,17,19,23H,2-6,9,12,14,16H2,1H3. The highest BCUT2D eigenvalue weighted by molar-refractivity contribution is 5.90. The Kier molecular flexibility index (Phi) is 6.32. The number of carbonyl (C=O) groups excluding carboxylic acids is 1. The zero-order valence-corrected chi connectivity index (χ0v) is 15.3. The summed E-state index contributed by atoms with van der Waals surface area (Å²) in [7, 11) is 0. The number of nitrogens with one attached hydrogen (secondary N) is 1. The van der Waals surface area contributed by atoms with Crippen LogP contribution in [0.25, 0.3) is 10.9 Å². The van der Waals surface area contributed by atoms with Gasteiger partial charge in [0.2, 0.25) is 0 Å². The lowest BCUT2D eigenvalue weighted by Crippen LogP contribution is -2.37.